The summed E-state index contributed by atoms with van der Waals surface area (Å²) in [6.45, 7) is 21.9. The second-order valence-electron chi connectivity index (χ2n) is 10.1. The maximum Gasteiger partial charge on any atom is 0.335 e. The highest BCUT2D eigenvalue weighted by Gasteiger charge is 2.60. The molecule has 0 spiro atoms. The fourth-order valence-corrected chi connectivity index (χ4v) is 16.2. The van der Waals surface area contributed by atoms with Gasteiger partial charge in [-0.3, -0.25) is 14.3 Å². The van der Waals surface area contributed by atoms with Crippen molar-refractivity contribution in [2.45, 2.75) is 96.0 Å². The predicted octanol–water partition coefficient (Wildman–Crippen LogP) is 3.95. The van der Waals surface area contributed by atoms with Crippen LogP contribution in [0.15, 0.2) is 34.0 Å². The number of aromatic amines is 1. The fourth-order valence-electron chi connectivity index (χ4n) is 4.96. The highest BCUT2D eigenvalue weighted by Crippen LogP contribution is 2.48. The van der Waals surface area contributed by atoms with Crippen molar-refractivity contribution in [2.24, 2.45) is 0 Å². The number of hydrogen-bond donors (Lipinski definition) is 1. The molecule has 1 aromatic heterocycles. The van der Waals surface area contributed by atoms with E-state index >= 15 is 0 Å². The van der Waals surface area contributed by atoms with Crippen molar-refractivity contribution < 1.29 is 17.7 Å². The summed E-state index contributed by atoms with van der Waals surface area (Å²) in [5.74, 6) is 0. The lowest BCUT2D eigenvalue weighted by Crippen LogP contribution is -2.65. The molecule has 2 aliphatic heterocycles. The molecular formula is C22H38N2O6Si2. The molecule has 1 aromatic rings. The lowest BCUT2D eigenvalue weighted by Gasteiger charge is -2.51. The van der Waals surface area contributed by atoms with E-state index in [1.165, 1.54) is 16.8 Å². The molecule has 0 amide bonds. The standard InChI is InChI=1S/C22H38N2O6Si2/c1-13(2)31(14(3)4)27-12-18-20(29-32(30-31,15(5)6)16(7)8)17(9)21(28-18)24-11-10-19(25)23-22(24)26/h10-11,13-16,18,20-21H,9,12H2,1-8H3,(H,23,25,26)/t18-,20+,21-/m1/s1. The smallest absolute Gasteiger partial charge is 0.335 e. The van der Waals surface area contributed by atoms with Gasteiger partial charge < -0.3 is 17.7 Å². The first-order chi connectivity index (χ1) is 14.9. The zero-order chi connectivity index (χ0) is 24.0. The highest BCUT2D eigenvalue weighted by atomic mass is 28.5. The normalized spacial score (nSPS) is 27.8. The minimum Gasteiger partial charge on any atom is -0.414 e. The Labute approximate surface area is 192 Å². The van der Waals surface area contributed by atoms with Crippen LogP contribution in [0.3, 0.4) is 0 Å². The minimum atomic E-state index is -2.81. The fraction of sp³-hybridized carbons (Fsp3) is 0.727. The van der Waals surface area contributed by atoms with Crippen LogP contribution >= 0.6 is 0 Å². The van der Waals surface area contributed by atoms with Gasteiger partial charge in [-0.1, -0.05) is 62.0 Å². The van der Waals surface area contributed by atoms with Crippen LogP contribution < -0.4 is 11.2 Å². The summed E-state index contributed by atoms with van der Waals surface area (Å²) in [4.78, 5) is 26.3. The molecule has 0 saturated carbocycles. The second-order valence-corrected chi connectivity index (χ2v) is 19.0. The van der Waals surface area contributed by atoms with Gasteiger partial charge in [0.2, 0.25) is 0 Å². The molecule has 10 heteroatoms. The summed E-state index contributed by atoms with van der Waals surface area (Å²) < 4.78 is 28.5. The lowest BCUT2D eigenvalue weighted by molar-refractivity contribution is -0.0561. The van der Waals surface area contributed by atoms with Crippen LogP contribution in [0, 0.1) is 0 Å². The number of aromatic nitrogens is 2. The van der Waals surface area contributed by atoms with Gasteiger partial charge >= 0.3 is 22.8 Å². The molecule has 3 heterocycles. The van der Waals surface area contributed by atoms with Crippen LogP contribution in [0.25, 0.3) is 0 Å². The van der Waals surface area contributed by atoms with Crippen molar-refractivity contribution in [1.82, 2.24) is 9.55 Å². The third-order valence-corrected chi connectivity index (χ3v) is 17.0. The molecule has 1 N–H and O–H groups in total. The van der Waals surface area contributed by atoms with Gasteiger partial charge in [-0.05, 0) is 22.2 Å². The molecule has 180 valence electrons. The Morgan fingerprint density at radius 2 is 1.56 bits per heavy atom. The van der Waals surface area contributed by atoms with E-state index in [-0.39, 0.29) is 22.2 Å². The van der Waals surface area contributed by atoms with Crippen molar-refractivity contribution in [3.8, 4) is 0 Å². The highest BCUT2D eigenvalue weighted by molar-refractivity contribution is 6.84. The van der Waals surface area contributed by atoms with E-state index in [1.807, 2.05) is 0 Å². The molecule has 2 fully saturated rings. The predicted molar refractivity (Wildman–Crippen MR) is 128 cm³/mol. The van der Waals surface area contributed by atoms with Crippen LogP contribution in [0.5, 0.6) is 0 Å². The van der Waals surface area contributed by atoms with Crippen molar-refractivity contribution >= 4 is 17.1 Å². The molecule has 32 heavy (non-hydrogen) atoms. The Morgan fingerprint density at radius 1 is 1.00 bits per heavy atom. The lowest BCUT2D eigenvalue weighted by atomic mass is 10.1. The van der Waals surface area contributed by atoms with E-state index in [2.05, 4.69) is 67.0 Å². The molecule has 2 aliphatic rings. The summed E-state index contributed by atoms with van der Waals surface area (Å²) in [7, 11) is -5.48. The third kappa shape index (κ3) is 4.16. The average Bonchev–Trinajstić information content (AvgIpc) is 2.96. The molecule has 0 unspecified atom stereocenters. The van der Waals surface area contributed by atoms with Gasteiger partial charge in [-0.15, -0.1) is 0 Å². The zero-order valence-electron chi connectivity index (χ0n) is 20.5. The Morgan fingerprint density at radius 3 is 2.06 bits per heavy atom. The number of ether oxygens (including phenoxy) is 1. The van der Waals surface area contributed by atoms with E-state index in [9.17, 15) is 9.59 Å². The number of nitrogens with zero attached hydrogens (tertiary/aromatic N) is 1. The number of nitrogens with one attached hydrogen (secondary N) is 1. The first kappa shape index (κ1) is 25.3. The van der Waals surface area contributed by atoms with Gasteiger partial charge in [0, 0.05) is 17.8 Å². The van der Waals surface area contributed by atoms with Crippen LogP contribution in [-0.2, 0) is 17.7 Å². The van der Waals surface area contributed by atoms with Gasteiger partial charge in [-0.2, -0.15) is 0 Å². The van der Waals surface area contributed by atoms with Gasteiger partial charge in [0.25, 0.3) is 5.56 Å². The quantitative estimate of drug-likeness (QED) is 0.505. The Balaban J connectivity index is 2.09. The second kappa shape index (κ2) is 9.15. The molecular weight excluding hydrogens is 444 g/mol. The van der Waals surface area contributed by atoms with E-state index in [0.717, 1.165) is 0 Å². The molecule has 0 radical (unpaired) electrons. The van der Waals surface area contributed by atoms with E-state index in [4.69, 9.17) is 17.7 Å². The van der Waals surface area contributed by atoms with Crippen LogP contribution in [-0.4, -0.2) is 45.5 Å². The SMILES string of the molecule is C=C1[C@H](n2ccc(=O)[nH]c2=O)O[C@@H]2CO[Si](C(C)C)(C(C)C)O[Si](C(C)C)(C(C)C)O[C@@H]12. The van der Waals surface area contributed by atoms with E-state index < -0.39 is 46.8 Å². The Kier molecular flexibility index (Phi) is 7.24. The number of hydrogen-bond acceptors (Lipinski definition) is 6. The average molecular weight is 483 g/mol. The van der Waals surface area contributed by atoms with Gasteiger partial charge in [0.05, 0.1) is 6.61 Å². The van der Waals surface area contributed by atoms with E-state index in [1.54, 1.807) is 0 Å². The molecule has 0 aromatic carbocycles. The molecule has 2 saturated heterocycles. The zero-order valence-corrected chi connectivity index (χ0v) is 22.5. The first-order valence-electron chi connectivity index (χ1n) is 11.5. The molecule has 8 nitrogen and oxygen atoms in total. The first-order valence-corrected chi connectivity index (χ1v) is 15.5. The van der Waals surface area contributed by atoms with Gasteiger partial charge in [0.1, 0.15) is 12.2 Å². The number of fused-ring (bicyclic) bond motifs is 1. The summed E-state index contributed by atoms with van der Waals surface area (Å²) in [6, 6.07) is 1.30. The van der Waals surface area contributed by atoms with Gasteiger partial charge in [0.15, 0.2) is 6.23 Å². The largest absolute Gasteiger partial charge is 0.414 e. The maximum atomic E-state index is 12.4. The van der Waals surface area contributed by atoms with Crippen molar-refractivity contribution in [1.29, 1.82) is 0 Å². The Hall–Kier alpha value is -1.31. The number of rotatable bonds is 5. The van der Waals surface area contributed by atoms with Crippen molar-refractivity contribution in [3.05, 3.63) is 45.3 Å². The van der Waals surface area contributed by atoms with Crippen LogP contribution in [0.2, 0.25) is 22.2 Å². The summed E-state index contributed by atoms with van der Waals surface area (Å²) in [5.41, 5.74) is 0.457. The minimum absolute atomic E-state index is 0.178. The summed E-state index contributed by atoms with van der Waals surface area (Å²) >= 11 is 0. The van der Waals surface area contributed by atoms with Crippen LogP contribution in [0.1, 0.15) is 61.6 Å². The number of H-pyrrole nitrogens is 1. The summed E-state index contributed by atoms with van der Waals surface area (Å²) in [6.07, 6.45) is -0.175. The monoisotopic (exact) mass is 482 g/mol. The molecule has 0 bridgehead atoms. The van der Waals surface area contributed by atoms with Crippen LogP contribution in [0.4, 0.5) is 0 Å². The topological polar surface area (TPSA) is 91.8 Å². The Bertz CT molecular complexity index is 938. The van der Waals surface area contributed by atoms with Crippen molar-refractivity contribution in [2.75, 3.05) is 6.61 Å². The third-order valence-electron chi connectivity index (χ3n) is 6.75. The molecule has 0 aliphatic carbocycles. The summed E-state index contributed by atoms with van der Waals surface area (Å²) in [5, 5.41) is 0. The maximum absolute atomic E-state index is 12.4. The molecule has 3 rings (SSSR count). The van der Waals surface area contributed by atoms with E-state index in [0.29, 0.717) is 12.2 Å². The van der Waals surface area contributed by atoms with Gasteiger partial charge in [-0.25, -0.2) is 4.79 Å². The molecule has 3 atom stereocenters. The van der Waals surface area contributed by atoms with Crippen molar-refractivity contribution in [3.63, 3.8) is 0 Å².